The minimum absolute atomic E-state index is 0.0106. The lowest BCUT2D eigenvalue weighted by molar-refractivity contribution is -0.139. The van der Waals surface area contributed by atoms with Gasteiger partial charge in [-0.05, 0) is 55.3 Å². The molecular formula is C27H28ClF2N5O5S. The minimum Gasteiger partial charge on any atom is -0.465 e. The summed E-state index contributed by atoms with van der Waals surface area (Å²) in [7, 11) is -4.09. The van der Waals surface area contributed by atoms with Crippen molar-refractivity contribution < 1.29 is 31.5 Å². The Morgan fingerprint density at radius 1 is 1.07 bits per heavy atom. The van der Waals surface area contributed by atoms with Crippen molar-refractivity contribution in [1.82, 2.24) is 9.97 Å². The second-order valence-corrected chi connectivity index (χ2v) is 11.6. The van der Waals surface area contributed by atoms with E-state index < -0.39 is 33.6 Å². The summed E-state index contributed by atoms with van der Waals surface area (Å²) in [6.45, 7) is 3.54. The number of piperidine rings is 1. The number of alkyl halides is 2. The summed E-state index contributed by atoms with van der Waals surface area (Å²) in [5.41, 5.74) is 1.75. The van der Waals surface area contributed by atoms with E-state index in [-0.39, 0.29) is 49.7 Å². The summed E-state index contributed by atoms with van der Waals surface area (Å²) in [5.74, 6) is -4.66. The fraction of sp³-hybridized carbons (Fsp3) is 0.333. The quantitative estimate of drug-likeness (QED) is 0.329. The Balaban J connectivity index is 1.62. The maximum Gasteiger partial charge on any atom is 0.323 e. The molecule has 0 radical (unpaired) electrons. The maximum atomic E-state index is 13.6. The average molecular weight is 608 g/mol. The molecule has 1 amide bonds. The summed E-state index contributed by atoms with van der Waals surface area (Å²) >= 11 is 6.03. The van der Waals surface area contributed by atoms with Crippen molar-refractivity contribution in [2.75, 3.05) is 40.4 Å². The Kier molecular flexibility index (Phi) is 9.08. The summed E-state index contributed by atoms with van der Waals surface area (Å²) in [6, 6.07) is 12.5. The molecule has 2 aromatic carbocycles. The molecule has 1 saturated heterocycles. The largest absolute Gasteiger partial charge is 0.465 e. The lowest BCUT2D eigenvalue weighted by Gasteiger charge is -2.32. The number of rotatable bonds is 9. The van der Waals surface area contributed by atoms with Crippen LogP contribution in [-0.2, 0) is 19.6 Å². The molecule has 2 N–H and O–H groups in total. The Morgan fingerprint density at radius 3 is 2.41 bits per heavy atom. The number of sulfonamides is 1. The lowest BCUT2D eigenvalue weighted by atomic mass is 9.98. The van der Waals surface area contributed by atoms with E-state index >= 15 is 0 Å². The number of nitrogens with one attached hydrogen (secondary N) is 2. The van der Waals surface area contributed by atoms with E-state index in [1.54, 1.807) is 49.1 Å². The molecule has 0 saturated carbocycles. The van der Waals surface area contributed by atoms with Crippen LogP contribution in [0.2, 0.25) is 5.02 Å². The number of esters is 1. The predicted octanol–water partition coefficient (Wildman–Crippen LogP) is 4.90. The number of amides is 1. The molecule has 10 nitrogen and oxygen atoms in total. The third kappa shape index (κ3) is 8.10. The van der Waals surface area contributed by atoms with Crippen molar-refractivity contribution in [3.8, 4) is 11.1 Å². The van der Waals surface area contributed by atoms with Crippen LogP contribution >= 0.6 is 11.6 Å². The highest BCUT2D eigenvalue weighted by atomic mass is 35.5. The average Bonchev–Trinajstić information content (AvgIpc) is 2.88. The van der Waals surface area contributed by atoms with E-state index in [1.165, 1.54) is 18.2 Å². The molecule has 14 heteroatoms. The Bertz CT molecular complexity index is 1540. The fourth-order valence-corrected chi connectivity index (χ4v) is 5.33. The third-order valence-corrected chi connectivity index (χ3v) is 7.61. The summed E-state index contributed by atoms with van der Waals surface area (Å²) in [4.78, 5) is 35.5. The lowest BCUT2D eigenvalue weighted by Crippen LogP contribution is -2.39. The van der Waals surface area contributed by atoms with Crippen LogP contribution in [0.1, 0.15) is 35.8 Å². The summed E-state index contributed by atoms with van der Waals surface area (Å²) in [5, 5.41) is 3.12. The number of aromatic nitrogens is 2. The standard InChI is InChI=1S/C27H28ClF2N5O5S/c1-3-40-24(36)16-41(38,39)34-20-8-9-21(22(15-20)18-4-6-19(28)7-5-18)25(37)33-26-31-17(2)14-23(32-26)35-12-10-27(29,30)11-13-35/h4-9,14-15,34H,3,10-13,16H2,1-2H3,(H,31,32,33,37). The van der Waals surface area contributed by atoms with Crippen molar-refractivity contribution in [2.24, 2.45) is 0 Å². The van der Waals surface area contributed by atoms with Crippen molar-refractivity contribution in [3.63, 3.8) is 0 Å². The Morgan fingerprint density at radius 2 is 1.76 bits per heavy atom. The third-order valence-electron chi connectivity index (χ3n) is 6.19. The van der Waals surface area contributed by atoms with Gasteiger partial charge in [-0.1, -0.05) is 23.7 Å². The van der Waals surface area contributed by atoms with Gasteiger partial charge in [0.1, 0.15) is 5.82 Å². The van der Waals surface area contributed by atoms with Crippen LogP contribution in [0.25, 0.3) is 11.1 Å². The number of hydrogen-bond donors (Lipinski definition) is 2. The normalized spacial score (nSPS) is 14.8. The number of anilines is 3. The van der Waals surface area contributed by atoms with Crippen LogP contribution in [0.5, 0.6) is 0 Å². The SMILES string of the molecule is CCOC(=O)CS(=O)(=O)Nc1ccc(C(=O)Nc2nc(C)cc(N3CCC(F)(F)CC3)n2)c(-c2ccc(Cl)cc2)c1. The number of halogens is 3. The van der Waals surface area contributed by atoms with E-state index in [4.69, 9.17) is 16.3 Å². The first-order chi connectivity index (χ1) is 19.3. The van der Waals surface area contributed by atoms with Gasteiger partial charge in [0.2, 0.25) is 16.0 Å². The molecule has 0 aliphatic carbocycles. The maximum absolute atomic E-state index is 13.6. The Hall–Kier alpha value is -3.84. The summed E-state index contributed by atoms with van der Waals surface area (Å²) in [6.07, 6.45) is -0.587. The number of aryl methyl sites for hydroxylation is 1. The van der Waals surface area contributed by atoms with Gasteiger partial charge >= 0.3 is 5.97 Å². The predicted molar refractivity (Wildman–Crippen MR) is 152 cm³/mol. The van der Waals surface area contributed by atoms with Gasteiger partial charge in [-0.2, -0.15) is 4.98 Å². The van der Waals surface area contributed by atoms with Crippen molar-refractivity contribution in [3.05, 3.63) is 64.8 Å². The van der Waals surface area contributed by atoms with Gasteiger partial charge < -0.3 is 9.64 Å². The highest BCUT2D eigenvalue weighted by Crippen LogP contribution is 2.31. The molecule has 2 heterocycles. The van der Waals surface area contributed by atoms with Gasteiger partial charge in [-0.15, -0.1) is 0 Å². The number of ether oxygens (including phenoxy) is 1. The van der Waals surface area contributed by atoms with E-state index in [2.05, 4.69) is 20.0 Å². The zero-order chi connectivity index (χ0) is 29.8. The van der Waals surface area contributed by atoms with Crippen LogP contribution in [-0.4, -0.2) is 61.6 Å². The number of benzene rings is 2. The highest BCUT2D eigenvalue weighted by Gasteiger charge is 2.34. The zero-order valence-corrected chi connectivity index (χ0v) is 23.9. The molecule has 0 spiro atoms. The fourth-order valence-electron chi connectivity index (χ4n) is 4.25. The molecule has 41 heavy (non-hydrogen) atoms. The molecule has 0 unspecified atom stereocenters. The van der Waals surface area contributed by atoms with E-state index in [0.717, 1.165) is 0 Å². The van der Waals surface area contributed by atoms with Gasteiger partial charge in [0.25, 0.3) is 11.8 Å². The first-order valence-corrected chi connectivity index (χ1v) is 14.7. The molecule has 3 aromatic rings. The minimum atomic E-state index is -4.09. The van der Waals surface area contributed by atoms with Crippen LogP contribution in [0.15, 0.2) is 48.5 Å². The first kappa shape index (κ1) is 30.1. The smallest absolute Gasteiger partial charge is 0.323 e. The van der Waals surface area contributed by atoms with Crippen LogP contribution in [0.3, 0.4) is 0 Å². The van der Waals surface area contributed by atoms with E-state index in [9.17, 15) is 26.8 Å². The van der Waals surface area contributed by atoms with E-state index in [0.29, 0.717) is 27.7 Å². The number of carbonyl (C=O) groups excluding carboxylic acids is 2. The molecule has 218 valence electrons. The van der Waals surface area contributed by atoms with Crippen molar-refractivity contribution in [2.45, 2.75) is 32.6 Å². The monoisotopic (exact) mass is 607 g/mol. The van der Waals surface area contributed by atoms with Gasteiger partial charge in [-0.3, -0.25) is 19.6 Å². The first-order valence-electron chi connectivity index (χ1n) is 12.7. The van der Waals surface area contributed by atoms with Crippen molar-refractivity contribution >= 4 is 51.0 Å². The second kappa shape index (κ2) is 12.4. The van der Waals surface area contributed by atoms with Gasteiger partial charge in [0.15, 0.2) is 5.75 Å². The Labute approximate surface area is 241 Å². The molecule has 0 atom stereocenters. The van der Waals surface area contributed by atoms with Crippen molar-refractivity contribution in [1.29, 1.82) is 0 Å². The van der Waals surface area contributed by atoms with Gasteiger partial charge in [-0.25, -0.2) is 22.2 Å². The number of nitrogens with zero attached hydrogens (tertiary/aromatic N) is 3. The van der Waals surface area contributed by atoms with Crippen LogP contribution < -0.4 is 14.9 Å². The molecule has 4 rings (SSSR count). The van der Waals surface area contributed by atoms with Gasteiger partial charge in [0.05, 0.1) is 6.61 Å². The topological polar surface area (TPSA) is 131 Å². The van der Waals surface area contributed by atoms with Gasteiger partial charge in [0, 0.05) is 54.0 Å². The van der Waals surface area contributed by atoms with Crippen LogP contribution in [0, 0.1) is 6.92 Å². The molecule has 1 aliphatic rings. The van der Waals surface area contributed by atoms with E-state index in [1.807, 2.05) is 0 Å². The molecule has 1 fully saturated rings. The highest BCUT2D eigenvalue weighted by molar-refractivity contribution is 7.93. The second-order valence-electron chi connectivity index (χ2n) is 9.42. The molecule has 0 bridgehead atoms. The number of hydrogen-bond acceptors (Lipinski definition) is 8. The number of carbonyl (C=O) groups is 2. The molecule has 1 aromatic heterocycles. The summed E-state index contributed by atoms with van der Waals surface area (Å²) < 4.78 is 59.3. The van der Waals surface area contributed by atoms with Crippen LogP contribution in [0.4, 0.5) is 26.2 Å². The molecule has 1 aliphatic heterocycles. The molecular weight excluding hydrogens is 580 g/mol. The zero-order valence-electron chi connectivity index (χ0n) is 22.3.